The fourth-order valence-corrected chi connectivity index (χ4v) is 3.15. The van der Waals surface area contributed by atoms with Crippen molar-refractivity contribution in [3.63, 3.8) is 0 Å². The molecule has 3 rings (SSSR count). The number of likely N-dealkylation sites (tertiary alicyclic amines) is 1. The molecule has 0 spiro atoms. The van der Waals surface area contributed by atoms with Crippen molar-refractivity contribution >= 4 is 11.6 Å². The van der Waals surface area contributed by atoms with Gasteiger partial charge in [-0.15, -0.1) is 0 Å². The van der Waals surface area contributed by atoms with Crippen LogP contribution >= 0.6 is 0 Å². The Morgan fingerprint density at radius 2 is 2.00 bits per heavy atom. The van der Waals surface area contributed by atoms with Crippen LogP contribution in [-0.4, -0.2) is 48.1 Å². The standard InChI is InChI=1S/C19H27N5/c1-15-6-8-16(9-7-15)12-24-10-4-5-17(13-24)22-18-11-19(23(2)3)21-14-20-18/h6-9,11,14,17H,4-5,10,12-13H2,1-3H3,(H,20,21,22). The molecule has 1 N–H and O–H groups in total. The number of benzene rings is 1. The van der Waals surface area contributed by atoms with Crippen molar-refractivity contribution in [2.24, 2.45) is 0 Å². The predicted octanol–water partition coefficient (Wildman–Crippen LogP) is 2.93. The van der Waals surface area contributed by atoms with E-state index in [1.54, 1.807) is 6.33 Å². The van der Waals surface area contributed by atoms with Crippen LogP contribution in [0.3, 0.4) is 0 Å². The van der Waals surface area contributed by atoms with E-state index in [9.17, 15) is 0 Å². The van der Waals surface area contributed by atoms with E-state index in [2.05, 4.69) is 51.4 Å². The van der Waals surface area contributed by atoms with Gasteiger partial charge in [0, 0.05) is 39.3 Å². The Kier molecular flexibility index (Phi) is 5.30. The summed E-state index contributed by atoms with van der Waals surface area (Å²) >= 11 is 0. The Morgan fingerprint density at radius 1 is 1.21 bits per heavy atom. The van der Waals surface area contributed by atoms with Gasteiger partial charge in [-0.2, -0.15) is 0 Å². The summed E-state index contributed by atoms with van der Waals surface area (Å²) < 4.78 is 0. The maximum absolute atomic E-state index is 4.37. The van der Waals surface area contributed by atoms with Crippen LogP contribution in [0.4, 0.5) is 11.6 Å². The highest BCUT2D eigenvalue weighted by Gasteiger charge is 2.20. The lowest BCUT2D eigenvalue weighted by Crippen LogP contribution is -2.41. The lowest BCUT2D eigenvalue weighted by molar-refractivity contribution is 0.208. The highest BCUT2D eigenvalue weighted by molar-refractivity contribution is 5.47. The van der Waals surface area contributed by atoms with Gasteiger partial charge in [0.15, 0.2) is 0 Å². The minimum atomic E-state index is 0.439. The highest BCUT2D eigenvalue weighted by atomic mass is 15.2. The summed E-state index contributed by atoms with van der Waals surface area (Å²) in [5, 5.41) is 3.58. The zero-order chi connectivity index (χ0) is 16.9. The van der Waals surface area contributed by atoms with Gasteiger partial charge in [-0.1, -0.05) is 29.8 Å². The largest absolute Gasteiger partial charge is 0.366 e. The summed E-state index contributed by atoms with van der Waals surface area (Å²) in [6, 6.07) is 11.3. The minimum absolute atomic E-state index is 0.439. The van der Waals surface area contributed by atoms with Crippen molar-refractivity contribution in [2.75, 3.05) is 37.4 Å². The number of hydrogen-bond donors (Lipinski definition) is 1. The van der Waals surface area contributed by atoms with Crippen molar-refractivity contribution < 1.29 is 0 Å². The molecule has 0 bridgehead atoms. The number of nitrogens with one attached hydrogen (secondary N) is 1. The molecule has 1 aromatic heterocycles. The van der Waals surface area contributed by atoms with Gasteiger partial charge >= 0.3 is 0 Å². The van der Waals surface area contributed by atoms with Gasteiger partial charge in [0.2, 0.25) is 0 Å². The summed E-state index contributed by atoms with van der Waals surface area (Å²) in [7, 11) is 3.99. The van der Waals surface area contributed by atoms with Gasteiger partial charge in [0.1, 0.15) is 18.0 Å². The molecule has 0 aliphatic carbocycles. The number of rotatable bonds is 5. The summed E-state index contributed by atoms with van der Waals surface area (Å²) in [6.07, 6.45) is 4.03. The maximum Gasteiger partial charge on any atom is 0.133 e. The van der Waals surface area contributed by atoms with Crippen molar-refractivity contribution in [3.8, 4) is 0 Å². The van der Waals surface area contributed by atoms with Gasteiger partial charge in [-0.05, 0) is 31.9 Å². The maximum atomic E-state index is 4.37. The van der Waals surface area contributed by atoms with Crippen molar-refractivity contribution in [1.29, 1.82) is 0 Å². The second kappa shape index (κ2) is 7.62. The molecule has 1 aliphatic heterocycles. The Bertz CT molecular complexity index is 653. The molecular formula is C19H27N5. The van der Waals surface area contributed by atoms with E-state index >= 15 is 0 Å². The average Bonchev–Trinajstić information content (AvgIpc) is 2.57. The lowest BCUT2D eigenvalue weighted by Gasteiger charge is -2.33. The number of nitrogens with zero attached hydrogens (tertiary/aromatic N) is 4. The third-order valence-corrected chi connectivity index (χ3v) is 4.50. The van der Waals surface area contributed by atoms with Crippen molar-refractivity contribution in [1.82, 2.24) is 14.9 Å². The normalized spacial score (nSPS) is 18.4. The average molecular weight is 325 g/mol. The molecule has 128 valence electrons. The van der Waals surface area contributed by atoms with Crippen molar-refractivity contribution in [2.45, 2.75) is 32.4 Å². The molecule has 1 aromatic carbocycles. The second-order valence-corrected chi connectivity index (χ2v) is 6.86. The van der Waals surface area contributed by atoms with Crippen LogP contribution in [0, 0.1) is 6.92 Å². The quantitative estimate of drug-likeness (QED) is 0.916. The monoisotopic (exact) mass is 325 g/mol. The van der Waals surface area contributed by atoms with E-state index < -0.39 is 0 Å². The van der Waals surface area contributed by atoms with Gasteiger partial charge < -0.3 is 10.2 Å². The highest BCUT2D eigenvalue weighted by Crippen LogP contribution is 2.18. The van der Waals surface area contributed by atoms with Crippen LogP contribution in [0.2, 0.25) is 0 Å². The SMILES string of the molecule is Cc1ccc(CN2CCCC(Nc3cc(N(C)C)ncn3)C2)cc1. The first-order valence-electron chi connectivity index (χ1n) is 8.64. The van der Waals surface area contributed by atoms with E-state index in [4.69, 9.17) is 0 Å². The van der Waals surface area contributed by atoms with Gasteiger partial charge in [0.25, 0.3) is 0 Å². The molecule has 0 saturated carbocycles. The number of hydrogen-bond acceptors (Lipinski definition) is 5. The van der Waals surface area contributed by atoms with E-state index in [0.717, 1.165) is 24.7 Å². The molecule has 0 radical (unpaired) electrons. The van der Waals surface area contributed by atoms with E-state index in [1.807, 2.05) is 25.1 Å². The first kappa shape index (κ1) is 16.7. The molecule has 1 aliphatic rings. The molecule has 24 heavy (non-hydrogen) atoms. The Hall–Kier alpha value is -2.14. The molecule has 5 nitrogen and oxygen atoms in total. The molecule has 1 saturated heterocycles. The fraction of sp³-hybridized carbons (Fsp3) is 0.474. The Morgan fingerprint density at radius 3 is 2.75 bits per heavy atom. The molecule has 0 amide bonds. The first-order chi connectivity index (χ1) is 11.6. The molecule has 1 fully saturated rings. The van der Waals surface area contributed by atoms with Gasteiger partial charge in [0.05, 0.1) is 0 Å². The summed E-state index contributed by atoms with van der Waals surface area (Å²) in [5.74, 6) is 1.84. The van der Waals surface area contributed by atoms with E-state index in [0.29, 0.717) is 6.04 Å². The van der Waals surface area contributed by atoms with Crippen molar-refractivity contribution in [3.05, 3.63) is 47.8 Å². The molecule has 2 aromatic rings. The number of piperidine rings is 1. The van der Waals surface area contributed by atoms with Crippen LogP contribution in [0.25, 0.3) is 0 Å². The Labute approximate surface area is 144 Å². The number of aromatic nitrogens is 2. The van der Waals surface area contributed by atoms with Crippen LogP contribution in [-0.2, 0) is 6.54 Å². The third-order valence-electron chi connectivity index (χ3n) is 4.50. The van der Waals surface area contributed by atoms with E-state index in [-0.39, 0.29) is 0 Å². The summed E-state index contributed by atoms with van der Waals surface area (Å²) in [6.45, 7) is 5.37. The molecule has 1 unspecified atom stereocenters. The second-order valence-electron chi connectivity index (χ2n) is 6.86. The molecule has 1 atom stereocenters. The van der Waals surface area contributed by atoms with E-state index in [1.165, 1.54) is 30.5 Å². The first-order valence-corrected chi connectivity index (χ1v) is 8.64. The fourth-order valence-electron chi connectivity index (χ4n) is 3.15. The number of anilines is 2. The van der Waals surface area contributed by atoms with Crippen LogP contribution in [0.15, 0.2) is 36.7 Å². The van der Waals surface area contributed by atoms with Gasteiger partial charge in [-0.25, -0.2) is 9.97 Å². The zero-order valence-corrected chi connectivity index (χ0v) is 14.9. The predicted molar refractivity (Wildman–Crippen MR) is 99.5 cm³/mol. The van der Waals surface area contributed by atoms with Crippen LogP contribution < -0.4 is 10.2 Å². The third kappa shape index (κ3) is 4.45. The minimum Gasteiger partial charge on any atom is -0.366 e. The number of aryl methyl sites for hydroxylation is 1. The Balaban J connectivity index is 1.59. The summed E-state index contributed by atoms with van der Waals surface area (Å²) in [4.78, 5) is 13.2. The van der Waals surface area contributed by atoms with Crippen LogP contribution in [0.1, 0.15) is 24.0 Å². The molecule has 5 heteroatoms. The molecule has 2 heterocycles. The summed E-state index contributed by atoms with van der Waals surface area (Å²) in [5.41, 5.74) is 2.70. The van der Waals surface area contributed by atoms with Crippen LogP contribution in [0.5, 0.6) is 0 Å². The van der Waals surface area contributed by atoms with Gasteiger partial charge in [-0.3, -0.25) is 4.90 Å². The zero-order valence-electron chi connectivity index (χ0n) is 14.9. The smallest absolute Gasteiger partial charge is 0.133 e. The molecular weight excluding hydrogens is 298 g/mol. The lowest BCUT2D eigenvalue weighted by atomic mass is 10.0. The topological polar surface area (TPSA) is 44.3 Å².